The van der Waals surface area contributed by atoms with Gasteiger partial charge < -0.3 is 19.9 Å². The summed E-state index contributed by atoms with van der Waals surface area (Å²) in [7, 11) is 0. The second kappa shape index (κ2) is 5.69. The van der Waals surface area contributed by atoms with Crippen molar-refractivity contribution >= 4 is 15.9 Å². The highest BCUT2D eigenvalue weighted by atomic mass is 79.9. The lowest BCUT2D eigenvalue weighted by Crippen LogP contribution is -2.33. The second-order valence-electron chi connectivity index (χ2n) is 5.16. The minimum absolute atomic E-state index is 0.278. The number of hydrogen-bond acceptors (Lipinski definition) is 4. The number of rotatable bonds is 4. The fraction of sp³-hybridized carbons (Fsp3) is 0.571. The van der Waals surface area contributed by atoms with Crippen LogP contribution in [0.1, 0.15) is 24.8 Å². The molecule has 5 heteroatoms. The summed E-state index contributed by atoms with van der Waals surface area (Å²) in [5.74, 6) is 2.00. The molecule has 2 aliphatic rings. The van der Waals surface area contributed by atoms with Crippen LogP contribution in [0.4, 0.5) is 0 Å². The molecule has 1 fully saturated rings. The Balaban J connectivity index is 1.67. The van der Waals surface area contributed by atoms with Crippen molar-refractivity contribution in [1.29, 1.82) is 0 Å². The molecule has 0 bridgehead atoms. The third kappa shape index (κ3) is 2.73. The molecule has 2 unspecified atom stereocenters. The number of fused-ring (bicyclic) bond motifs is 1. The van der Waals surface area contributed by atoms with E-state index in [1.807, 2.05) is 12.1 Å². The van der Waals surface area contributed by atoms with Gasteiger partial charge in [0.1, 0.15) is 0 Å². The first kappa shape index (κ1) is 13.2. The molecule has 104 valence electrons. The van der Waals surface area contributed by atoms with Crippen LogP contribution < -0.4 is 14.8 Å². The van der Waals surface area contributed by atoms with Gasteiger partial charge in [0, 0.05) is 23.7 Å². The Bertz CT molecular complexity index is 466. The molecule has 0 radical (unpaired) electrons. The number of benzene rings is 1. The molecule has 1 aromatic rings. The van der Waals surface area contributed by atoms with Crippen molar-refractivity contribution in [2.24, 2.45) is 5.92 Å². The molecule has 3 rings (SSSR count). The second-order valence-corrected chi connectivity index (χ2v) is 6.01. The first-order chi connectivity index (χ1) is 9.28. The van der Waals surface area contributed by atoms with Crippen molar-refractivity contribution < 1.29 is 14.6 Å². The third-order valence-corrected chi connectivity index (χ3v) is 4.73. The topological polar surface area (TPSA) is 50.7 Å². The van der Waals surface area contributed by atoms with E-state index in [0.29, 0.717) is 18.8 Å². The largest absolute Gasteiger partial charge is 0.454 e. The predicted octanol–water partition coefficient (Wildman–Crippen LogP) is 2.43. The highest BCUT2D eigenvalue weighted by Gasteiger charge is 2.26. The van der Waals surface area contributed by atoms with Crippen LogP contribution in [0.3, 0.4) is 0 Å². The maximum Gasteiger partial charge on any atom is 0.231 e. The van der Waals surface area contributed by atoms with E-state index >= 15 is 0 Å². The smallest absolute Gasteiger partial charge is 0.231 e. The molecule has 1 saturated carbocycles. The van der Waals surface area contributed by atoms with Gasteiger partial charge in [0.15, 0.2) is 11.5 Å². The Morgan fingerprint density at radius 2 is 2.05 bits per heavy atom. The molecule has 0 saturated heterocycles. The normalized spacial score (nSPS) is 24.9. The lowest BCUT2D eigenvalue weighted by atomic mass is 10.0. The summed E-state index contributed by atoms with van der Waals surface area (Å²) in [4.78, 5) is 0. The van der Waals surface area contributed by atoms with E-state index in [-0.39, 0.29) is 6.61 Å². The first-order valence-electron chi connectivity index (χ1n) is 6.70. The van der Waals surface area contributed by atoms with E-state index in [9.17, 15) is 5.11 Å². The monoisotopic (exact) mass is 327 g/mol. The van der Waals surface area contributed by atoms with Gasteiger partial charge in [0.05, 0.1) is 0 Å². The van der Waals surface area contributed by atoms with E-state index in [0.717, 1.165) is 40.9 Å². The summed E-state index contributed by atoms with van der Waals surface area (Å²) >= 11 is 3.57. The molecular formula is C14H18BrNO3. The van der Waals surface area contributed by atoms with Gasteiger partial charge >= 0.3 is 0 Å². The standard InChI is InChI=1S/C14H18BrNO3/c15-11-5-14-13(18-8-19-14)4-10(11)6-16-12-3-1-2-9(12)7-17/h4-5,9,12,16-17H,1-3,6-8H2. The number of aliphatic hydroxyl groups is 1. The Morgan fingerprint density at radius 3 is 2.84 bits per heavy atom. The summed E-state index contributed by atoms with van der Waals surface area (Å²) in [6.07, 6.45) is 3.47. The van der Waals surface area contributed by atoms with E-state index in [1.165, 1.54) is 6.42 Å². The van der Waals surface area contributed by atoms with Gasteiger partial charge in [-0.05, 0) is 36.5 Å². The van der Waals surface area contributed by atoms with Crippen molar-refractivity contribution in [3.05, 3.63) is 22.2 Å². The number of nitrogens with one attached hydrogen (secondary N) is 1. The Kier molecular flexibility index (Phi) is 3.96. The van der Waals surface area contributed by atoms with Crippen LogP contribution in [0.2, 0.25) is 0 Å². The van der Waals surface area contributed by atoms with E-state index in [4.69, 9.17) is 9.47 Å². The van der Waals surface area contributed by atoms with E-state index in [2.05, 4.69) is 21.2 Å². The van der Waals surface area contributed by atoms with Gasteiger partial charge in [-0.25, -0.2) is 0 Å². The SMILES string of the molecule is OCC1CCCC1NCc1cc2c(cc1Br)OCO2. The summed E-state index contributed by atoms with van der Waals surface area (Å²) in [5, 5.41) is 12.9. The summed E-state index contributed by atoms with van der Waals surface area (Å²) in [6.45, 7) is 1.35. The molecule has 2 N–H and O–H groups in total. The minimum Gasteiger partial charge on any atom is -0.454 e. The van der Waals surface area contributed by atoms with Gasteiger partial charge in [-0.1, -0.05) is 22.4 Å². The van der Waals surface area contributed by atoms with Crippen LogP contribution in [0, 0.1) is 5.92 Å². The molecule has 1 heterocycles. The Labute approximate surface area is 121 Å². The maximum absolute atomic E-state index is 9.33. The van der Waals surface area contributed by atoms with Crippen molar-refractivity contribution in [1.82, 2.24) is 5.32 Å². The molecule has 4 nitrogen and oxygen atoms in total. The van der Waals surface area contributed by atoms with Crippen LogP contribution in [0.15, 0.2) is 16.6 Å². The summed E-state index contributed by atoms with van der Waals surface area (Å²) in [5.41, 5.74) is 1.16. The van der Waals surface area contributed by atoms with E-state index < -0.39 is 0 Å². The fourth-order valence-corrected chi connectivity index (χ4v) is 3.32. The highest BCUT2D eigenvalue weighted by molar-refractivity contribution is 9.10. The van der Waals surface area contributed by atoms with E-state index in [1.54, 1.807) is 0 Å². The number of hydrogen-bond donors (Lipinski definition) is 2. The van der Waals surface area contributed by atoms with Crippen molar-refractivity contribution in [3.8, 4) is 11.5 Å². The van der Waals surface area contributed by atoms with Crippen LogP contribution in [-0.4, -0.2) is 24.5 Å². The van der Waals surface area contributed by atoms with Gasteiger partial charge in [-0.2, -0.15) is 0 Å². The zero-order chi connectivity index (χ0) is 13.2. The fourth-order valence-electron chi connectivity index (χ4n) is 2.86. The zero-order valence-electron chi connectivity index (χ0n) is 10.7. The number of ether oxygens (including phenoxy) is 2. The highest BCUT2D eigenvalue weighted by Crippen LogP contribution is 2.37. The Hall–Kier alpha value is -0.780. The lowest BCUT2D eigenvalue weighted by molar-refractivity contribution is 0.174. The quantitative estimate of drug-likeness (QED) is 0.891. The van der Waals surface area contributed by atoms with Crippen molar-refractivity contribution in [2.75, 3.05) is 13.4 Å². The Morgan fingerprint density at radius 1 is 1.26 bits per heavy atom. The minimum atomic E-state index is 0.278. The van der Waals surface area contributed by atoms with Crippen LogP contribution >= 0.6 is 15.9 Å². The molecule has 1 aromatic carbocycles. The molecular weight excluding hydrogens is 310 g/mol. The molecule has 1 aliphatic carbocycles. The van der Waals surface area contributed by atoms with Crippen LogP contribution in [-0.2, 0) is 6.54 Å². The van der Waals surface area contributed by atoms with Gasteiger partial charge in [0.25, 0.3) is 0 Å². The summed E-state index contributed by atoms with van der Waals surface area (Å²) in [6, 6.07) is 4.39. The predicted molar refractivity (Wildman–Crippen MR) is 75.3 cm³/mol. The molecule has 0 spiro atoms. The van der Waals surface area contributed by atoms with Crippen LogP contribution in [0.25, 0.3) is 0 Å². The third-order valence-electron chi connectivity index (χ3n) is 3.99. The average molecular weight is 328 g/mol. The zero-order valence-corrected chi connectivity index (χ0v) is 12.3. The molecule has 2 atom stereocenters. The van der Waals surface area contributed by atoms with Crippen molar-refractivity contribution in [2.45, 2.75) is 31.8 Å². The molecule has 0 amide bonds. The lowest BCUT2D eigenvalue weighted by Gasteiger charge is -2.19. The molecule has 19 heavy (non-hydrogen) atoms. The number of aliphatic hydroxyl groups excluding tert-OH is 1. The van der Waals surface area contributed by atoms with Gasteiger partial charge in [0.2, 0.25) is 6.79 Å². The van der Waals surface area contributed by atoms with Gasteiger partial charge in [-0.3, -0.25) is 0 Å². The maximum atomic E-state index is 9.33. The van der Waals surface area contributed by atoms with Crippen molar-refractivity contribution in [3.63, 3.8) is 0 Å². The molecule has 0 aromatic heterocycles. The van der Waals surface area contributed by atoms with Gasteiger partial charge in [-0.15, -0.1) is 0 Å². The number of halogens is 1. The van der Waals surface area contributed by atoms with Crippen LogP contribution in [0.5, 0.6) is 11.5 Å². The first-order valence-corrected chi connectivity index (χ1v) is 7.49. The summed E-state index contributed by atoms with van der Waals surface area (Å²) < 4.78 is 11.8. The average Bonchev–Trinajstić information content (AvgIpc) is 3.03. The molecule has 1 aliphatic heterocycles.